The fraction of sp³-hybridized carbons (Fsp3) is 0.286. The Morgan fingerprint density at radius 3 is 2.26 bits per heavy atom. The van der Waals surface area contributed by atoms with Crippen LogP contribution < -0.4 is 16.6 Å². The number of hydrazine groups is 1. The van der Waals surface area contributed by atoms with Gasteiger partial charge in [-0.15, -0.1) is 0 Å². The topological polar surface area (TPSA) is 70.9 Å². The number of likely N-dealkylation sites (N-methyl/N-ethyl adjacent to an activating group) is 1. The number of halogens is 2. The minimum atomic E-state index is -0.316. The number of thioether (sulfide) groups is 1. The van der Waals surface area contributed by atoms with Crippen LogP contribution in [-0.4, -0.2) is 24.3 Å². The van der Waals surface area contributed by atoms with Crippen molar-refractivity contribution >= 4 is 34.9 Å². The van der Waals surface area contributed by atoms with E-state index in [-0.39, 0.29) is 5.82 Å². The van der Waals surface area contributed by atoms with E-state index in [0.29, 0.717) is 28.2 Å². The van der Waals surface area contributed by atoms with E-state index in [2.05, 4.69) is 37.5 Å². The summed E-state index contributed by atoms with van der Waals surface area (Å²) in [5.41, 5.74) is 10.8. The number of rotatable bonds is 7. The molecule has 1 aliphatic rings. The molecule has 0 spiro atoms. The normalized spacial score (nSPS) is 13.8. The predicted octanol–water partition coefficient (Wildman–Crippen LogP) is 9.77. The Bertz CT molecular complexity index is 1290. The molecule has 0 saturated carbocycles. The summed E-state index contributed by atoms with van der Waals surface area (Å²) in [5.74, 6) is 7.74. The highest BCUT2D eigenvalue weighted by Gasteiger charge is 2.26. The molecule has 0 aromatic heterocycles. The molecule has 234 valence electrons. The van der Waals surface area contributed by atoms with Crippen LogP contribution in [0.25, 0.3) is 0 Å². The van der Waals surface area contributed by atoms with Crippen molar-refractivity contribution in [3.63, 3.8) is 0 Å². The molecule has 0 aliphatic carbocycles. The molecule has 5 nitrogen and oxygen atoms in total. The Morgan fingerprint density at radius 1 is 1.09 bits per heavy atom. The molecule has 0 amide bonds. The van der Waals surface area contributed by atoms with Crippen LogP contribution in [0.2, 0.25) is 0 Å². The molecule has 1 heterocycles. The van der Waals surface area contributed by atoms with Crippen molar-refractivity contribution in [1.82, 2.24) is 4.90 Å². The number of benzene rings is 2. The Kier molecular flexibility index (Phi) is 21.1. The number of nitrogens with two attached hydrogens (primary N) is 2. The first-order valence-corrected chi connectivity index (χ1v) is 15.5. The molecule has 1 aliphatic heterocycles. The number of nitrogens with zero attached hydrogens (tertiary/aromatic N) is 3. The van der Waals surface area contributed by atoms with Gasteiger partial charge in [0.25, 0.3) is 0 Å². The van der Waals surface area contributed by atoms with Crippen LogP contribution in [0, 0.1) is 11.7 Å². The second kappa shape index (κ2) is 23.0. The number of fused-ring (bicyclic) bond motifs is 1. The van der Waals surface area contributed by atoms with Crippen molar-refractivity contribution in [3.05, 3.63) is 131 Å². The molecule has 4 N–H and O–H groups in total. The number of para-hydroxylation sites is 1. The van der Waals surface area contributed by atoms with E-state index in [4.69, 9.17) is 28.2 Å². The summed E-state index contributed by atoms with van der Waals surface area (Å²) in [6.07, 6.45) is 13.7. The van der Waals surface area contributed by atoms with Gasteiger partial charge in [0.05, 0.1) is 5.69 Å². The quantitative estimate of drug-likeness (QED) is 0.182. The number of allylic oxidation sites excluding steroid dienone is 6. The Labute approximate surface area is 268 Å². The predicted molar refractivity (Wildman–Crippen MR) is 191 cm³/mol. The maximum atomic E-state index is 13.6. The molecular formula is C35H49ClFN5S. The van der Waals surface area contributed by atoms with Gasteiger partial charge < -0.3 is 10.6 Å². The maximum absolute atomic E-state index is 13.6. The van der Waals surface area contributed by atoms with E-state index >= 15 is 0 Å². The average molecular weight is 626 g/mol. The summed E-state index contributed by atoms with van der Waals surface area (Å²) in [6.45, 7) is 18.3. The Morgan fingerprint density at radius 2 is 1.74 bits per heavy atom. The number of hydrogen-bond acceptors (Lipinski definition) is 6. The average Bonchev–Trinajstić information content (AvgIpc) is 2.99. The van der Waals surface area contributed by atoms with Crippen LogP contribution in [0.1, 0.15) is 54.0 Å². The molecular weight excluding hydrogens is 577 g/mol. The first kappa shape index (κ1) is 39.5. The van der Waals surface area contributed by atoms with Gasteiger partial charge in [-0.05, 0) is 68.1 Å². The molecule has 0 unspecified atom stereocenters. The second-order valence-corrected chi connectivity index (χ2v) is 10.5. The van der Waals surface area contributed by atoms with Gasteiger partial charge in [-0.25, -0.2) is 15.2 Å². The summed E-state index contributed by atoms with van der Waals surface area (Å²) >= 11 is 6.24. The fourth-order valence-electron chi connectivity index (χ4n) is 3.66. The Balaban J connectivity index is 0.00000138. The third kappa shape index (κ3) is 14.5. The van der Waals surface area contributed by atoms with Crippen LogP contribution in [0.5, 0.6) is 0 Å². The van der Waals surface area contributed by atoms with E-state index in [1.165, 1.54) is 40.0 Å². The second-order valence-electron chi connectivity index (χ2n) is 9.13. The van der Waals surface area contributed by atoms with Gasteiger partial charge >= 0.3 is 0 Å². The van der Waals surface area contributed by atoms with Crippen LogP contribution >= 0.6 is 23.4 Å². The van der Waals surface area contributed by atoms with Crippen LogP contribution in [0.15, 0.2) is 129 Å². The van der Waals surface area contributed by atoms with Gasteiger partial charge in [-0.1, -0.05) is 118 Å². The van der Waals surface area contributed by atoms with Gasteiger partial charge in [-0.3, -0.25) is 5.01 Å². The highest BCUT2D eigenvalue weighted by Crippen LogP contribution is 2.34. The van der Waals surface area contributed by atoms with E-state index in [1.54, 1.807) is 24.3 Å². The van der Waals surface area contributed by atoms with E-state index in [0.717, 1.165) is 17.1 Å². The van der Waals surface area contributed by atoms with Crippen molar-refractivity contribution < 1.29 is 4.39 Å². The zero-order chi connectivity index (χ0) is 32.8. The Hall–Kier alpha value is -3.52. The molecule has 3 rings (SSSR count). The number of aliphatic imine (C=N–C) groups is 1. The molecule has 0 bridgehead atoms. The van der Waals surface area contributed by atoms with Crippen molar-refractivity contribution in [2.24, 2.45) is 22.5 Å². The first-order valence-electron chi connectivity index (χ1n) is 14.3. The summed E-state index contributed by atoms with van der Waals surface area (Å²) in [5, 5.41) is 1.88. The fourth-order valence-corrected chi connectivity index (χ4v) is 4.46. The molecule has 43 heavy (non-hydrogen) atoms. The summed E-state index contributed by atoms with van der Waals surface area (Å²) in [7, 11) is 2.01. The number of amidine groups is 1. The van der Waals surface area contributed by atoms with Crippen LogP contribution in [0.3, 0.4) is 0 Å². The highest BCUT2D eigenvalue weighted by molar-refractivity contribution is 8.03. The first-order chi connectivity index (χ1) is 20.6. The summed E-state index contributed by atoms with van der Waals surface area (Å²) in [4.78, 5) is 7.63. The number of anilines is 1. The maximum Gasteiger partial charge on any atom is 0.180 e. The third-order valence-corrected chi connectivity index (χ3v) is 6.40. The molecule has 8 heteroatoms. The van der Waals surface area contributed by atoms with Gasteiger partial charge in [0.15, 0.2) is 5.82 Å². The van der Waals surface area contributed by atoms with Gasteiger partial charge in [0.2, 0.25) is 0 Å². The minimum absolute atomic E-state index is 0.316. The molecule has 2 aromatic rings. The van der Waals surface area contributed by atoms with E-state index in [9.17, 15) is 4.39 Å². The monoisotopic (exact) mass is 625 g/mol. The molecule has 0 atom stereocenters. The standard InChI is InChI=1S/C25H30FN5S.C5H8.C3H5Cl.C2H6/c1-5-9-18(14-17(2)3)16-30(4)24-21-12-6-7-13-22(21)31(28)25(29-24)23(27)32-20-11-8-10-19(26)15-20;1-3-5-4-2;1-2-3-4;1-2/h5-15,17H,16,27-28H2,1-4H3;3-5H,1H2,2H3;2-3H,1H3;1-2H3/b9-5-,18-14+,25-23+;5-4-;3-2+;. The lowest BCUT2D eigenvalue weighted by Crippen LogP contribution is -2.40. The lowest BCUT2D eigenvalue weighted by Gasteiger charge is -2.32. The number of hydrogen-bond donors (Lipinski definition) is 2. The van der Waals surface area contributed by atoms with Crippen LogP contribution in [0.4, 0.5) is 10.1 Å². The smallest absolute Gasteiger partial charge is 0.180 e. The molecule has 0 fully saturated rings. The molecule has 0 radical (unpaired) electrons. The van der Waals surface area contributed by atoms with Gasteiger partial charge in [0, 0.05) is 24.1 Å². The molecule has 2 aromatic carbocycles. The molecule has 0 saturated heterocycles. The van der Waals surface area contributed by atoms with Crippen molar-refractivity contribution in [2.75, 3.05) is 18.6 Å². The zero-order valence-electron chi connectivity index (χ0n) is 26.9. The SMILES string of the molecule is C/C=C/Cl.C/C=C\C(=C/C(C)C)CN(C)C1=N/C(=C(/N)Sc2cccc(F)c2)N(N)c2ccccc21.C=C/C=C\C.CC. The van der Waals surface area contributed by atoms with Crippen molar-refractivity contribution in [2.45, 2.75) is 53.4 Å². The van der Waals surface area contributed by atoms with Gasteiger partial charge in [-0.2, -0.15) is 0 Å². The van der Waals surface area contributed by atoms with Crippen molar-refractivity contribution in [3.8, 4) is 0 Å². The van der Waals surface area contributed by atoms with E-state index in [1.807, 2.05) is 84.2 Å². The summed E-state index contributed by atoms with van der Waals surface area (Å²) < 4.78 is 13.6. The largest absolute Gasteiger partial charge is 0.390 e. The van der Waals surface area contributed by atoms with E-state index < -0.39 is 0 Å². The third-order valence-electron chi connectivity index (χ3n) is 5.25. The lowest BCUT2D eigenvalue weighted by molar-refractivity contribution is 0.549. The minimum Gasteiger partial charge on any atom is -0.390 e. The highest BCUT2D eigenvalue weighted by atomic mass is 35.5. The summed E-state index contributed by atoms with van der Waals surface area (Å²) in [6, 6.07) is 14.1. The van der Waals surface area contributed by atoms with Crippen molar-refractivity contribution in [1.29, 1.82) is 0 Å². The lowest BCUT2D eigenvalue weighted by atomic mass is 10.1. The van der Waals surface area contributed by atoms with Crippen LogP contribution in [-0.2, 0) is 0 Å². The van der Waals surface area contributed by atoms with Gasteiger partial charge in [0.1, 0.15) is 16.7 Å². The zero-order valence-corrected chi connectivity index (χ0v) is 28.5.